The van der Waals surface area contributed by atoms with Gasteiger partial charge in [0.05, 0.1) is 26.2 Å². The first-order chi connectivity index (χ1) is 5.24. The Morgan fingerprint density at radius 3 is 1.25 bits per heavy atom. The summed E-state index contributed by atoms with van der Waals surface area (Å²) in [5, 5.41) is 0. The summed E-state index contributed by atoms with van der Waals surface area (Å²) < 4.78 is 1.33. The Labute approximate surface area is 76.7 Å². The molecule has 0 aliphatic carbocycles. The largest absolute Gasteiger partial charge is 1.00 e. The van der Waals surface area contributed by atoms with Gasteiger partial charge >= 0.3 is 0 Å². The average molecular weight is 177 g/mol. The highest BCUT2D eigenvalue weighted by atomic mass is 19.0. The zero-order chi connectivity index (χ0) is 8.74. The van der Waals surface area contributed by atoms with Gasteiger partial charge in [-0.25, -0.2) is 0 Å². The summed E-state index contributed by atoms with van der Waals surface area (Å²) in [5.41, 5.74) is 0. The molecule has 0 bridgehead atoms. The van der Waals surface area contributed by atoms with Gasteiger partial charge in [0, 0.05) is 0 Å². The van der Waals surface area contributed by atoms with Crippen molar-refractivity contribution in [2.45, 2.75) is 40.5 Å². The van der Waals surface area contributed by atoms with Gasteiger partial charge in [0.25, 0.3) is 0 Å². The summed E-state index contributed by atoms with van der Waals surface area (Å²) in [4.78, 5) is 0. The highest BCUT2D eigenvalue weighted by molar-refractivity contribution is 4.38. The van der Waals surface area contributed by atoms with Crippen LogP contribution in [0.1, 0.15) is 40.5 Å². The van der Waals surface area contributed by atoms with Crippen molar-refractivity contribution in [2.75, 3.05) is 26.2 Å². The zero-order valence-corrected chi connectivity index (χ0v) is 9.07. The molecule has 0 N–H and O–H groups in total. The van der Waals surface area contributed by atoms with Gasteiger partial charge in [-0.2, -0.15) is 0 Å². The Hall–Kier alpha value is -0.110. The van der Waals surface area contributed by atoms with E-state index in [9.17, 15) is 0 Å². The molecule has 0 aromatic heterocycles. The molecule has 0 aliphatic heterocycles. The smallest absolute Gasteiger partial charge is 0.0783 e. The lowest BCUT2D eigenvalue weighted by molar-refractivity contribution is -0.925. The first kappa shape index (κ1) is 14.4. The Morgan fingerprint density at radius 2 is 1.08 bits per heavy atom. The third kappa shape index (κ3) is 4.05. The first-order valence-corrected chi connectivity index (χ1v) is 5.09. The van der Waals surface area contributed by atoms with E-state index in [-0.39, 0.29) is 4.70 Å². The molecule has 2 heteroatoms. The SMILES string of the molecule is CCC[N+](CC)(CC)CCC.[F-]. The van der Waals surface area contributed by atoms with Crippen LogP contribution in [0.3, 0.4) is 0 Å². The molecule has 0 radical (unpaired) electrons. The molecule has 1 nitrogen and oxygen atoms in total. The minimum atomic E-state index is 0. The summed E-state index contributed by atoms with van der Waals surface area (Å²) in [5.74, 6) is 0. The molecule has 0 fully saturated rings. The number of quaternary nitrogens is 1. The zero-order valence-electron chi connectivity index (χ0n) is 9.07. The van der Waals surface area contributed by atoms with Gasteiger partial charge in [-0.1, -0.05) is 13.8 Å². The molecule has 0 rings (SSSR count). The van der Waals surface area contributed by atoms with Crippen LogP contribution >= 0.6 is 0 Å². The van der Waals surface area contributed by atoms with Crippen molar-refractivity contribution in [3.63, 3.8) is 0 Å². The highest BCUT2D eigenvalue weighted by Crippen LogP contribution is 2.08. The van der Waals surface area contributed by atoms with Crippen LogP contribution in [0.25, 0.3) is 0 Å². The quantitative estimate of drug-likeness (QED) is 0.487. The fraction of sp³-hybridized carbons (Fsp3) is 1.00. The van der Waals surface area contributed by atoms with E-state index in [0.29, 0.717) is 0 Å². The van der Waals surface area contributed by atoms with Crippen LogP contribution in [0.15, 0.2) is 0 Å². The minimum absolute atomic E-state index is 0. The van der Waals surface area contributed by atoms with Crippen molar-refractivity contribution < 1.29 is 9.19 Å². The molecule has 0 aliphatic rings. The topological polar surface area (TPSA) is 0 Å². The predicted molar refractivity (Wildman–Crippen MR) is 51.7 cm³/mol. The fourth-order valence-electron chi connectivity index (χ4n) is 1.92. The van der Waals surface area contributed by atoms with E-state index in [1.165, 1.54) is 43.5 Å². The molecule has 0 amide bonds. The molecule has 0 spiro atoms. The molecule has 12 heavy (non-hydrogen) atoms. The molecule has 0 aromatic carbocycles. The van der Waals surface area contributed by atoms with Gasteiger partial charge in [-0.15, -0.1) is 0 Å². The predicted octanol–water partition coefficient (Wildman–Crippen LogP) is -0.333. The molecule has 76 valence electrons. The third-order valence-electron chi connectivity index (χ3n) is 2.74. The first-order valence-electron chi connectivity index (χ1n) is 5.09. The van der Waals surface area contributed by atoms with Crippen molar-refractivity contribution in [3.05, 3.63) is 0 Å². The standard InChI is InChI=1S/C10H24N.FH/c1-5-9-11(7-3,8-4)10-6-2;/h5-10H2,1-4H3;1H/q+1;/p-1. The number of hydrogen-bond donors (Lipinski definition) is 0. The number of nitrogens with zero attached hydrogens (tertiary/aromatic N) is 1. The summed E-state index contributed by atoms with van der Waals surface area (Å²) >= 11 is 0. The van der Waals surface area contributed by atoms with E-state index >= 15 is 0 Å². The molecule has 0 saturated carbocycles. The summed E-state index contributed by atoms with van der Waals surface area (Å²) in [6, 6.07) is 0. The van der Waals surface area contributed by atoms with Crippen molar-refractivity contribution in [1.82, 2.24) is 0 Å². The van der Waals surface area contributed by atoms with Crippen LogP contribution in [-0.2, 0) is 0 Å². The van der Waals surface area contributed by atoms with E-state index in [0.717, 1.165) is 0 Å². The van der Waals surface area contributed by atoms with E-state index in [2.05, 4.69) is 27.7 Å². The molecular weight excluding hydrogens is 153 g/mol. The van der Waals surface area contributed by atoms with Gasteiger partial charge in [-0.05, 0) is 26.7 Å². The van der Waals surface area contributed by atoms with Crippen molar-refractivity contribution in [1.29, 1.82) is 0 Å². The van der Waals surface area contributed by atoms with Crippen LogP contribution in [0.4, 0.5) is 0 Å². The molecule has 0 heterocycles. The lowest BCUT2D eigenvalue weighted by atomic mass is 10.2. The van der Waals surface area contributed by atoms with Crippen LogP contribution in [-0.4, -0.2) is 30.7 Å². The van der Waals surface area contributed by atoms with Crippen LogP contribution < -0.4 is 4.70 Å². The van der Waals surface area contributed by atoms with E-state index < -0.39 is 0 Å². The molecule has 0 atom stereocenters. The second-order valence-electron chi connectivity index (χ2n) is 3.42. The lowest BCUT2D eigenvalue weighted by Gasteiger charge is -2.36. The van der Waals surface area contributed by atoms with Gasteiger partial charge in [-0.3, -0.25) is 0 Å². The maximum atomic E-state index is 2.31. The number of hydrogen-bond acceptors (Lipinski definition) is 0. The third-order valence-corrected chi connectivity index (χ3v) is 2.74. The minimum Gasteiger partial charge on any atom is -1.00 e. The highest BCUT2D eigenvalue weighted by Gasteiger charge is 2.19. The molecule has 0 aromatic rings. The van der Waals surface area contributed by atoms with E-state index in [4.69, 9.17) is 0 Å². The maximum Gasteiger partial charge on any atom is 0.0783 e. The van der Waals surface area contributed by atoms with E-state index in [1.807, 2.05) is 0 Å². The average Bonchev–Trinajstić information content (AvgIpc) is 2.04. The van der Waals surface area contributed by atoms with Gasteiger partial charge in [0.2, 0.25) is 0 Å². The molecule has 0 saturated heterocycles. The van der Waals surface area contributed by atoms with Gasteiger partial charge < -0.3 is 9.19 Å². The Kier molecular flexibility index (Phi) is 9.05. The van der Waals surface area contributed by atoms with Crippen molar-refractivity contribution >= 4 is 0 Å². The lowest BCUT2D eigenvalue weighted by Crippen LogP contribution is -3.00. The normalized spacial score (nSPS) is 11.0. The van der Waals surface area contributed by atoms with Crippen LogP contribution in [0, 0.1) is 0 Å². The molecular formula is C10H24FN. The van der Waals surface area contributed by atoms with E-state index in [1.54, 1.807) is 0 Å². The Morgan fingerprint density at radius 1 is 0.750 bits per heavy atom. The second kappa shape index (κ2) is 7.53. The second-order valence-corrected chi connectivity index (χ2v) is 3.42. The van der Waals surface area contributed by atoms with Crippen LogP contribution in [0.2, 0.25) is 0 Å². The Bertz CT molecular complexity index is 81.8. The fourth-order valence-corrected chi connectivity index (χ4v) is 1.92. The summed E-state index contributed by atoms with van der Waals surface area (Å²) in [6.45, 7) is 14.5. The number of rotatable bonds is 6. The summed E-state index contributed by atoms with van der Waals surface area (Å²) in [6.07, 6.45) is 2.64. The number of halogens is 1. The van der Waals surface area contributed by atoms with Crippen LogP contribution in [0.5, 0.6) is 0 Å². The monoisotopic (exact) mass is 177 g/mol. The van der Waals surface area contributed by atoms with Gasteiger partial charge in [0.1, 0.15) is 0 Å². The van der Waals surface area contributed by atoms with Gasteiger partial charge in [0.15, 0.2) is 0 Å². The van der Waals surface area contributed by atoms with Crippen molar-refractivity contribution in [3.8, 4) is 0 Å². The Balaban J connectivity index is 0. The maximum absolute atomic E-state index is 2.31. The molecule has 0 unspecified atom stereocenters. The van der Waals surface area contributed by atoms with Crippen molar-refractivity contribution in [2.24, 2.45) is 0 Å². The summed E-state index contributed by atoms with van der Waals surface area (Å²) in [7, 11) is 0.